The Morgan fingerprint density at radius 2 is 2.08 bits per heavy atom. The molecule has 2 heterocycles. The lowest BCUT2D eigenvalue weighted by Gasteiger charge is -2.31. The lowest BCUT2D eigenvalue weighted by molar-refractivity contribution is -0.136. The number of oxazole rings is 1. The zero-order chi connectivity index (χ0) is 18.5. The minimum atomic E-state index is -0.850. The molecule has 0 bridgehead atoms. The van der Waals surface area contributed by atoms with Gasteiger partial charge in [0.1, 0.15) is 11.5 Å². The fourth-order valence-electron chi connectivity index (χ4n) is 2.96. The van der Waals surface area contributed by atoms with Crippen LogP contribution in [0, 0.1) is 6.92 Å². The van der Waals surface area contributed by atoms with Crippen molar-refractivity contribution < 1.29 is 19.1 Å². The molecule has 0 unspecified atom stereocenters. The molecule has 1 N–H and O–H groups in total. The summed E-state index contributed by atoms with van der Waals surface area (Å²) < 4.78 is 11.6. The van der Waals surface area contributed by atoms with Gasteiger partial charge in [0.05, 0.1) is 18.7 Å². The molecule has 26 heavy (non-hydrogen) atoms. The number of piperazine rings is 1. The molecule has 1 aromatic heterocycles. The van der Waals surface area contributed by atoms with E-state index in [9.17, 15) is 4.79 Å². The van der Waals surface area contributed by atoms with E-state index in [2.05, 4.69) is 21.8 Å². The van der Waals surface area contributed by atoms with E-state index in [0.717, 1.165) is 43.2 Å². The Labute approximate surface area is 153 Å². The van der Waals surface area contributed by atoms with Crippen molar-refractivity contribution in [2.45, 2.75) is 19.8 Å². The second kappa shape index (κ2) is 8.23. The summed E-state index contributed by atoms with van der Waals surface area (Å²) in [5.41, 5.74) is 1.63. The molecular formula is C19H25N3O4. The third-order valence-electron chi connectivity index (χ3n) is 4.52. The van der Waals surface area contributed by atoms with Crippen molar-refractivity contribution in [2.75, 3.05) is 44.7 Å². The van der Waals surface area contributed by atoms with Crippen LogP contribution in [-0.2, 0) is 17.6 Å². The van der Waals surface area contributed by atoms with Crippen molar-refractivity contribution in [2.24, 2.45) is 0 Å². The number of aryl methyl sites for hydroxylation is 1. The minimum absolute atomic E-state index is 0.00597. The first kappa shape index (κ1) is 18.3. The molecule has 0 amide bonds. The van der Waals surface area contributed by atoms with Gasteiger partial charge in [-0.2, -0.15) is 4.98 Å². The van der Waals surface area contributed by atoms with Crippen LogP contribution in [0.25, 0.3) is 0 Å². The number of carboxylic acids is 1. The smallest absolute Gasteiger partial charge is 0.307 e. The Hall–Kier alpha value is -2.54. The van der Waals surface area contributed by atoms with E-state index in [1.807, 2.05) is 13.0 Å². The number of anilines is 1. The third kappa shape index (κ3) is 4.76. The molecule has 2 aromatic rings. The van der Waals surface area contributed by atoms with Crippen molar-refractivity contribution in [1.29, 1.82) is 0 Å². The predicted molar refractivity (Wildman–Crippen MR) is 97.9 cm³/mol. The highest BCUT2D eigenvalue weighted by Crippen LogP contribution is 2.21. The summed E-state index contributed by atoms with van der Waals surface area (Å²) in [6.45, 7) is 6.24. The lowest BCUT2D eigenvalue weighted by Crippen LogP contribution is -2.44. The maximum absolute atomic E-state index is 10.8. The molecule has 7 nitrogen and oxygen atoms in total. The molecule has 1 fully saturated rings. The minimum Gasteiger partial charge on any atom is -0.493 e. The van der Waals surface area contributed by atoms with Crippen LogP contribution >= 0.6 is 0 Å². The molecule has 140 valence electrons. The van der Waals surface area contributed by atoms with Crippen LogP contribution in [0.1, 0.15) is 17.0 Å². The van der Waals surface area contributed by atoms with Crippen LogP contribution in [0.5, 0.6) is 5.75 Å². The predicted octanol–water partition coefficient (Wildman–Crippen LogP) is 1.98. The Balaban J connectivity index is 1.54. The normalized spacial score (nSPS) is 15.2. The second-order valence-corrected chi connectivity index (χ2v) is 6.61. The fraction of sp³-hybridized carbons (Fsp3) is 0.474. The van der Waals surface area contributed by atoms with Gasteiger partial charge in [0.2, 0.25) is 0 Å². The standard InChI is InChI=1S/C19H25N3O4/c1-14-17(20-19(26-14)22-9-7-21(2)8-10-22)6-11-25-16-5-3-4-15(12-16)13-18(23)24/h3-5,12H,6-11,13H2,1-2H3,(H,23,24). The summed E-state index contributed by atoms with van der Waals surface area (Å²) in [7, 11) is 2.12. The second-order valence-electron chi connectivity index (χ2n) is 6.61. The molecule has 0 atom stereocenters. The van der Waals surface area contributed by atoms with Crippen LogP contribution in [0.15, 0.2) is 28.7 Å². The van der Waals surface area contributed by atoms with Crippen LogP contribution in [0.2, 0.25) is 0 Å². The van der Waals surface area contributed by atoms with Crippen LogP contribution in [0.4, 0.5) is 6.01 Å². The Morgan fingerprint density at radius 3 is 2.81 bits per heavy atom. The largest absolute Gasteiger partial charge is 0.493 e. The van der Waals surface area contributed by atoms with Crippen molar-refractivity contribution in [3.8, 4) is 5.75 Å². The molecule has 0 saturated carbocycles. The van der Waals surface area contributed by atoms with Gasteiger partial charge < -0.3 is 24.1 Å². The van der Waals surface area contributed by atoms with E-state index in [4.69, 9.17) is 14.3 Å². The van der Waals surface area contributed by atoms with Crippen molar-refractivity contribution in [3.63, 3.8) is 0 Å². The van der Waals surface area contributed by atoms with Crippen molar-refractivity contribution in [3.05, 3.63) is 41.3 Å². The molecule has 1 aliphatic heterocycles. The van der Waals surface area contributed by atoms with Gasteiger partial charge >= 0.3 is 5.97 Å². The van der Waals surface area contributed by atoms with Crippen LogP contribution in [-0.4, -0.2) is 60.8 Å². The van der Waals surface area contributed by atoms with Crippen LogP contribution < -0.4 is 9.64 Å². The van der Waals surface area contributed by atoms with Gasteiger partial charge in [-0.25, -0.2) is 0 Å². The van der Waals surface area contributed by atoms with E-state index in [1.54, 1.807) is 18.2 Å². The summed E-state index contributed by atoms with van der Waals surface area (Å²) in [6, 6.07) is 7.87. The number of ether oxygens (including phenoxy) is 1. The average molecular weight is 359 g/mol. The Bertz CT molecular complexity index is 751. The van der Waals surface area contributed by atoms with Gasteiger partial charge in [-0.15, -0.1) is 0 Å². The van der Waals surface area contributed by atoms with Gasteiger partial charge in [0, 0.05) is 32.6 Å². The number of benzene rings is 1. The quantitative estimate of drug-likeness (QED) is 0.810. The summed E-state index contributed by atoms with van der Waals surface area (Å²) >= 11 is 0. The SMILES string of the molecule is Cc1oc(N2CCN(C)CC2)nc1CCOc1cccc(CC(=O)O)c1. The molecule has 0 radical (unpaired) electrons. The maximum atomic E-state index is 10.8. The molecule has 0 aliphatic carbocycles. The fourth-order valence-corrected chi connectivity index (χ4v) is 2.96. The maximum Gasteiger partial charge on any atom is 0.307 e. The van der Waals surface area contributed by atoms with Crippen LogP contribution in [0.3, 0.4) is 0 Å². The van der Waals surface area contributed by atoms with Crippen molar-refractivity contribution >= 4 is 12.0 Å². The van der Waals surface area contributed by atoms with Gasteiger partial charge in [-0.05, 0) is 31.7 Å². The zero-order valence-corrected chi connectivity index (χ0v) is 15.3. The average Bonchev–Trinajstić information content (AvgIpc) is 2.96. The van der Waals surface area contributed by atoms with E-state index >= 15 is 0 Å². The van der Waals surface area contributed by atoms with E-state index in [-0.39, 0.29) is 6.42 Å². The van der Waals surface area contributed by atoms with Gasteiger partial charge in [0.15, 0.2) is 0 Å². The van der Waals surface area contributed by atoms with Crippen molar-refractivity contribution in [1.82, 2.24) is 9.88 Å². The van der Waals surface area contributed by atoms with Gasteiger partial charge in [-0.1, -0.05) is 12.1 Å². The number of hydrogen-bond donors (Lipinski definition) is 1. The molecule has 1 aliphatic rings. The molecular weight excluding hydrogens is 334 g/mol. The van der Waals surface area contributed by atoms with Gasteiger partial charge in [0.25, 0.3) is 6.01 Å². The molecule has 3 rings (SSSR count). The number of nitrogens with zero attached hydrogens (tertiary/aromatic N) is 3. The van der Waals surface area contributed by atoms with E-state index < -0.39 is 5.97 Å². The third-order valence-corrected chi connectivity index (χ3v) is 4.52. The number of likely N-dealkylation sites (N-methyl/N-ethyl adjacent to an activating group) is 1. The molecule has 7 heteroatoms. The highest BCUT2D eigenvalue weighted by atomic mass is 16.5. The number of rotatable bonds is 7. The summed E-state index contributed by atoms with van der Waals surface area (Å²) in [6.07, 6.45) is 0.639. The number of hydrogen-bond acceptors (Lipinski definition) is 6. The number of carbonyl (C=O) groups is 1. The molecule has 0 spiro atoms. The van der Waals surface area contributed by atoms with E-state index in [0.29, 0.717) is 24.8 Å². The summed E-state index contributed by atoms with van der Waals surface area (Å²) in [5, 5.41) is 8.87. The van der Waals surface area contributed by atoms with Gasteiger partial charge in [-0.3, -0.25) is 4.79 Å². The number of carboxylic acid groups (broad SMARTS) is 1. The number of aliphatic carboxylic acids is 1. The topological polar surface area (TPSA) is 79.0 Å². The number of aromatic nitrogens is 1. The first-order valence-electron chi connectivity index (χ1n) is 8.84. The molecule has 1 saturated heterocycles. The monoisotopic (exact) mass is 359 g/mol. The first-order chi connectivity index (χ1) is 12.5. The highest BCUT2D eigenvalue weighted by molar-refractivity contribution is 5.70. The summed E-state index contributed by atoms with van der Waals surface area (Å²) in [4.78, 5) is 19.9. The Kier molecular flexibility index (Phi) is 5.78. The van der Waals surface area contributed by atoms with E-state index in [1.165, 1.54) is 0 Å². The lowest BCUT2D eigenvalue weighted by atomic mass is 10.1. The first-order valence-corrected chi connectivity index (χ1v) is 8.84. The zero-order valence-electron chi connectivity index (χ0n) is 15.3. The summed E-state index contributed by atoms with van der Waals surface area (Å²) in [5.74, 6) is 0.642. The highest BCUT2D eigenvalue weighted by Gasteiger charge is 2.20. The Morgan fingerprint density at radius 1 is 1.31 bits per heavy atom. The molecule has 1 aromatic carbocycles.